The van der Waals surface area contributed by atoms with Gasteiger partial charge in [0.25, 0.3) is 5.91 Å². The highest BCUT2D eigenvalue weighted by molar-refractivity contribution is 8.00. The number of aromatic nitrogens is 1. The van der Waals surface area contributed by atoms with Crippen LogP contribution in [0, 0.1) is 5.82 Å². The van der Waals surface area contributed by atoms with Crippen molar-refractivity contribution in [3.63, 3.8) is 0 Å². The number of benzene rings is 4. The number of rotatable bonds is 9. The molecule has 5 aromatic rings. The first-order valence-corrected chi connectivity index (χ1v) is 14.1. The summed E-state index contributed by atoms with van der Waals surface area (Å²) >= 11 is 2.57. The van der Waals surface area contributed by atoms with Crippen LogP contribution < -0.4 is 10.6 Å². The van der Waals surface area contributed by atoms with Crippen molar-refractivity contribution in [1.29, 1.82) is 0 Å². The molecule has 5 rings (SSSR count). The maximum absolute atomic E-state index is 13.5. The van der Waals surface area contributed by atoms with Crippen molar-refractivity contribution >= 4 is 51.7 Å². The molecule has 10 heteroatoms. The van der Waals surface area contributed by atoms with Crippen LogP contribution in [0.3, 0.4) is 0 Å². The summed E-state index contributed by atoms with van der Waals surface area (Å²) in [6.45, 7) is 0. The Kier molecular flexibility index (Phi) is 8.52. The topological polar surface area (TPSA) is 108 Å². The molecule has 0 saturated heterocycles. The van der Waals surface area contributed by atoms with E-state index in [4.69, 9.17) is 0 Å². The van der Waals surface area contributed by atoms with Gasteiger partial charge in [-0.3, -0.25) is 9.59 Å². The lowest BCUT2D eigenvalue weighted by Gasteiger charge is -2.17. The van der Waals surface area contributed by atoms with Crippen molar-refractivity contribution in [2.75, 3.05) is 10.6 Å². The van der Waals surface area contributed by atoms with E-state index in [9.17, 15) is 23.9 Å². The highest BCUT2D eigenvalue weighted by Gasteiger charge is 2.24. The lowest BCUT2D eigenvalue weighted by atomic mass is 10.1. The molecule has 3 N–H and O–H groups in total. The Hall–Kier alpha value is -4.80. The Balaban J connectivity index is 1.34. The van der Waals surface area contributed by atoms with Gasteiger partial charge in [-0.25, -0.2) is 14.2 Å². The molecule has 1 unspecified atom stereocenters. The molecule has 1 aromatic heterocycles. The van der Waals surface area contributed by atoms with Crippen LogP contribution in [0.1, 0.15) is 31.5 Å². The van der Waals surface area contributed by atoms with Gasteiger partial charge in [-0.2, -0.15) is 0 Å². The average molecular weight is 584 g/mol. The molecule has 204 valence electrons. The Morgan fingerprint density at radius 1 is 0.829 bits per heavy atom. The van der Waals surface area contributed by atoms with Gasteiger partial charge in [0.2, 0.25) is 5.91 Å². The number of carbonyl (C=O) groups excluding carboxylic acids is 2. The van der Waals surface area contributed by atoms with E-state index in [2.05, 4.69) is 15.6 Å². The minimum absolute atomic E-state index is 0.0445. The van der Waals surface area contributed by atoms with Crippen molar-refractivity contribution in [3.8, 4) is 11.3 Å². The molecule has 0 saturated carbocycles. The largest absolute Gasteiger partial charge is 0.478 e. The summed E-state index contributed by atoms with van der Waals surface area (Å²) in [5.74, 6) is -2.37. The fourth-order valence-electron chi connectivity index (χ4n) is 4.01. The minimum atomic E-state index is -1.19. The van der Waals surface area contributed by atoms with Gasteiger partial charge in [0.15, 0.2) is 5.13 Å². The van der Waals surface area contributed by atoms with Gasteiger partial charge in [0.05, 0.1) is 16.8 Å². The molecule has 0 radical (unpaired) electrons. The molecule has 0 bridgehead atoms. The number of amides is 2. The number of nitrogens with one attached hydrogen (secondary N) is 2. The molecule has 1 heterocycles. The van der Waals surface area contributed by atoms with Crippen LogP contribution in [0.2, 0.25) is 0 Å². The molecule has 0 aliphatic heterocycles. The summed E-state index contributed by atoms with van der Waals surface area (Å²) in [5.41, 5.74) is 2.54. The molecule has 0 aliphatic rings. The zero-order chi connectivity index (χ0) is 28.8. The van der Waals surface area contributed by atoms with Gasteiger partial charge in [-0.05, 0) is 60.2 Å². The number of aromatic carboxylic acids is 1. The number of carboxylic acid groups (broad SMARTS) is 1. The molecule has 41 heavy (non-hydrogen) atoms. The Bertz CT molecular complexity index is 1710. The average Bonchev–Trinajstić information content (AvgIpc) is 3.45. The lowest BCUT2D eigenvalue weighted by Crippen LogP contribution is -2.19. The second kappa shape index (κ2) is 12.6. The van der Waals surface area contributed by atoms with Crippen LogP contribution in [0.15, 0.2) is 113 Å². The summed E-state index contributed by atoms with van der Waals surface area (Å²) in [5, 5.41) is 16.6. The van der Waals surface area contributed by atoms with Crippen LogP contribution in [-0.2, 0) is 4.79 Å². The second-order valence-electron chi connectivity index (χ2n) is 8.78. The van der Waals surface area contributed by atoms with Gasteiger partial charge in [0.1, 0.15) is 11.1 Å². The van der Waals surface area contributed by atoms with E-state index >= 15 is 0 Å². The van der Waals surface area contributed by atoms with Gasteiger partial charge >= 0.3 is 5.97 Å². The van der Waals surface area contributed by atoms with Crippen LogP contribution in [0.25, 0.3) is 11.3 Å². The van der Waals surface area contributed by atoms with Gasteiger partial charge in [0, 0.05) is 21.5 Å². The van der Waals surface area contributed by atoms with Gasteiger partial charge in [-0.15, -0.1) is 23.1 Å². The maximum atomic E-state index is 13.5. The third-order valence-electron chi connectivity index (χ3n) is 5.96. The van der Waals surface area contributed by atoms with Crippen molar-refractivity contribution in [1.82, 2.24) is 4.98 Å². The normalized spacial score (nSPS) is 11.4. The first kappa shape index (κ1) is 27.8. The van der Waals surface area contributed by atoms with Crippen LogP contribution in [0.4, 0.5) is 15.2 Å². The first-order valence-electron chi connectivity index (χ1n) is 12.3. The Labute approximate surface area is 243 Å². The summed E-state index contributed by atoms with van der Waals surface area (Å²) < 4.78 is 13.3. The number of hydrogen-bond donors (Lipinski definition) is 3. The highest BCUT2D eigenvalue weighted by Crippen LogP contribution is 2.38. The molecular formula is C31H22FN3O4S2. The predicted molar refractivity (Wildman–Crippen MR) is 159 cm³/mol. The number of halogens is 1. The zero-order valence-electron chi connectivity index (χ0n) is 21.3. The SMILES string of the molecule is O=C(O)c1ccccc1C(=O)Nc1cccc(SC(C(=O)Nc2nc(-c3ccc(F)cc3)cs2)c2ccccc2)c1. The molecule has 0 spiro atoms. The third-order valence-corrected chi connectivity index (χ3v) is 7.97. The number of thiazole rings is 1. The van der Waals surface area contributed by atoms with Crippen molar-refractivity contribution in [3.05, 3.63) is 131 Å². The van der Waals surface area contributed by atoms with Crippen LogP contribution >= 0.6 is 23.1 Å². The number of thioether (sulfide) groups is 1. The standard InChI is InChI=1S/C31H22FN3O4S2/c32-21-15-13-19(14-16-21)26-18-40-31(34-26)35-29(37)27(20-7-2-1-3-8-20)41-23-10-6-9-22(17-23)33-28(36)24-11-4-5-12-25(24)30(38)39/h1-18,27H,(H,33,36)(H,38,39)(H,34,35,37). The summed E-state index contributed by atoms with van der Waals surface area (Å²) in [7, 11) is 0. The molecule has 4 aromatic carbocycles. The van der Waals surface area contributed by atoms with Crippen molar-refractivity contribution in [2.45, 2.75) is 10.1 Å². The van der Waals surface area contributed by atoms with E-state index < -0.39 is 17.1 Å². The molecular weight excluding hydrogens is 561 g/mol. The van der Waals surface area contributed by atoms with Gasteiger partial charge in [-0.1, -0.05) is 48.5 Å². The molecule has 0 aliphatic carbocycles. The number of carboxylic acids is 1. The maximum Gasteiger partial charge on any atom is 0.336 e. The molecule has 7 nitrogen and oxygen atoms in total. The van der Waals surface area contributed by atoms with Crippen LogP contribution in [-0.4, -0.2) is 27.9 Å². The second-order valence-corrected chi connectivity index (χ2v) is 10.8. The lowest BCUT2D eigenvalue weighted by molar-refractivity contribution is -0.115. The smallest absolute Gasteiger partial charge is 0.336 e. The Morgan fingerprint density at radius 2 is 1.54 bits per heavy atom. The highest BCUT2D eigenvalue weighted by atomic mass is 32.2. The van der Waals surface area contributed by atoms with E-state index in [1.54, 1.807) is 47.8 Å². The van der Waals surface area contributed by atoms with E-state index in [0.29, 0.717) is 21.4 Å². The van der Waals surface area contributed by atoms with E-state index in [0.717, 1.165) is 11.1 Å². The summed E-state index contributed by atoms with van der Waals surface area (Å²) in [6, 6.07) is 28.2. The van der Waals surface area contributed by atoms with E-state index in [1.807, 2.05) is 36.4 Å². The number of hydrogen-bond acceptors (Lipinski definition) is 6. The number of carbonyl (C=O) groups is 3. The number of anilines is 2. The summed E-state index contributed by atoms with van der Waals surface area (Å²) in [6.07, 6.45) is 0. The number of nitrogens with zero attached hydrogens (tertiary/aromatic N) is 1. The van der Waals surface area contributed by atoms with Gasteiger partial charge < -0.3 is 15.7 Å². The first-order chi connectivity index (χ1) is 19.9. The summed E-state index contributed by atoms with van der Waals surface area (Å²) in [4.78, 5) is 43.1. The van der Waals surface area contributed by atoms with E-state index in [-0.39, 0.29) is 22.9 Å². The Morgan fingerprint density at radius 3 is 2.27 bits per heavy atom. The van der Waals surface area contributed by atoms with Crippen molar-refractivity contribution < 1.29 is 23.9 Å². The quantitative estimate of drug-likeness (QED) is 0.156. The van der Waals surface area contributed by atoms with Crippen molar-refractivity contribution in [2.24, 2.45) is 0 Å². The monoisotopic (exact) mass is 583 g/mol. The fourth-order valence-corrected chi connectivity index (χ4v) is 5.81. The minimum Gasteiger partial charge on any atom is -0.478 e. The zero-order valence-corrected chi connectivity index (χ0v) is 22.9. The fraction of sp³-hybridized carbons (Fsp3) is 0.0323. The van der Waals surface area contributed by atoms with E-state index in [1.165, 1.54) is 47.4 Å². The molecule has 0 fully saturated rings. The third kappa shape index (κ3) is 6.86. The molecule has 2 amide bonds. The van der Waals surface area contributed by atoms with Crippen LogP contribution in [0.5, 0.6) is 0 Å². The molecule has 1 atom stereocenters. The predicted octanol–water partition coefficient (Wildman–Crippen LogP) is 7.37.